The van der Waals surface area contributed by atoms with E-state index in [1.807, 2.05) is 25.1 Å². The molecule has 0 atom stereocenters. The Hall–Kier alpha value is -2.24. The largest absolute Gasteiger partial charge is 0.506 e. The van der Waals surface area contributed by atoms with E-state index in [-0.39, 0.29) is 23.3 Å². The van der Waals surface area contributed by atoms with Gasteiger partial charge in [0.15, 0.2) is 6.61 Å². The summed E-state index contributed by atoms with van der Waals surface area (Å²) in [6.45, 7) is 5.90. The SMILES string of the molecule is Cc1ccc(C(C)C)c(OCC(=O)N/N=C/c2cc(Cl)cc(Cl)c2O)c1. The van der Waals surface area contributed by atoms with Crippen molar-refractivity contribution in [2.24, 2.45) is 5.10 Å². The van der Waals surface area contributed by atoms with Gasteiger partial charge in [-0.1, -0.05) is 49.2 Å². The summed E-state index contributed by atoms with van der Waals surface area (Å²) in [5.74, 6) is 0.373. The van der Waals surface area contributed by atoms with E-state index >= 15 is 0 Å². The van der Waals surface area contributed by atoms with E-state index < -0.39 is 5.91 Å². The molecule has 0 aliphatic carbocycles. The fraction of sp³-hybridized carbons (Fsp3) is 0.263. The van der Waals surface area contributed by atoms with Gasteiger partial charge < -0.3 is 9.84 Å². The predicted octanol–water partition coefficient (Wildman–Crippen LogP) is 4.66. The second-order valence-corrected chi connectivity index (χ2v) is 6.95. The first kappa shape index (κ1) is 20.1. The minimum atomic E-state index is -0.426. The third kappa shape index (κ3) is 5.38. The number of phenols is 1. The van der Waals surface area contributed by atoms with Crippen LogP contribution in [0.1, 0.15) is 36.5 Å². The number of benzene rings is 2. The number of nitrogens with one attached hydrogen (secondary N) is 1. The zero-order valence-corrected chi connectivity index (χ0v) is 16.2. The number of nitrogens with zero attached hydrogens (tertiary/aromatic N) is 1. The molecule has 1 amide bonds. The molecule has 2 aromatic rings. The predicted molar refractivity (Wildman–Crippen MR) is 105 cm³/mol. The topological polar surface area (TPSA) is 70.9 Å². The number of phenolic OH excluding ortho intramolecular Hbond substituents is 1. The zero-order chi connectivity index (χ0) is 19.3. The van der Waals surface area contributed by atoms with Crippen molar-refractivity contribution in [3.8, 4) is 11.5 Å². The highest BCUT2D eigenvalue weighted by Gasteiger charge is 2.10. The van der Waals surface area contributed by atoms with Crippen LogP contribution in [0.25, 0.3) is 0 Å². The molecule has 0 aliphatic heterocycles. The molecular weight excluding hydrogens is 375 g/mol. The van der Waals surface area contributed by atoms with E-state index in [0.717, 1.165) is 11.1 Å². The van der Waals surface area contributed by atoms with Crippen LogP contribution in [0.3, 0.4) is 0 Å². The number of carbonyl (C=O) groups excluding carboxylic acids is 1. The van der Waals surface area contributed by atoms with Gasteiger partial charge in [-0.05, 0) is 42.2 Å². The Labute approximate surface area is 162 Å². The Kier molecular flexibility index (Phi) is 6.89. The molecule has 0 saturated carbocycles. The molecular formula is C19H20Cl2N2O3. The second-order valence-electron chi connectivity index (χ2n) is 6.10. The Balaban J connectivity index is 1.97. The monoisotopic (exact) mass is 394 g/mol. The minimum absolute atomic E-state index is 0.106. The number of halogens is 2. The number of hydrazone groups is 1. The van der Waals surface area contributed by atoms with Crippen LogP contribution < -0.4 is 10.2 Å². The van der Waals surface area contributed by atoms with Crippen LogP contribution in [0, 0.1) is 6.92 Å². The summed E-state index contributed by atoms with van der Waals surface area (Å²) < 4.78 is 5.63. The number of amides is 1. The van der Waals surface area contributed by atoms with Crippen molar-refractivity contribution in [3.63, 3.8) is 0 Å². The fourth-order valence-corrected chi connectivity index (χ4v) is 2.79. The molecule has 0 heterocycles. The maximum Gasteiger partial charge on any atom is 0.277 e. The van der Waals surface area contributed by atoms with Crippen LogP contribution >= 0.6 is 23.2 Å². The van der Waals surface area contributed by atoms with Crippen LogP contribution in [-0.2, 0) is 4.79 Å². The summed E-state index contributed by atoms with van der Waals surface area (Å²) in [6.07, 6.45) is 1.26. The molecule has 2 N–H and O–H groups in total. The lowest BCUT2D eigenvalue weighted by molar-refractivity contribution is -0.123. The van der Waals surface area contributed by atoms with Gasteiger partial charge in [0, 0.05) is 10.6 Å². The molecule has 2 aromatic carbocycles. The maximum absolute atomic E-state index is 11.9. The van der Waals surface area contributed by atoms with Gasteiger partial charge in [-0.25, -0.2) is 5.43 Å². The van der Waals surface area contributed by atoms with E-state index in [1.165, 1.54) is 18.3 Å². The number of ether oxygens (including phenoxy) is 1. The third-order valence-electron chi connectivity index (χ3n) is 3.60. The molecule has 0 aromatic heterocycles. The normalized spacial score (nSPS) is 11.2. The number of hydrogen-bond donors (Lipinski definition) is 2. The fourth-order valence-electron chi connectivity index (χ4n) is 2.28. The summed E-state index contributed by atoms with van der Waals surface area (Å²) in [5.41, 5.74) is 4.72. The lowest BCUT2D eigenvalue weighted by Crippen LogP contribution is -2.25. The van der Waals surface area contributed by atoms with Gasteiger partial charge >= 0.3 is 0 Å². The molecule has 26 heavy (non-hydrogen) atoms. The molecule has 138 valence electrons. The molecule has 5 nitrogen and oxygen atoms in total. The number of aromatic hydroxyl groups is 1. The molecule has 0 aliphatic rings. The Morgan fingerprint density at radius 3 is 2.73 bits per heavy atom. The van der Waals surface area contributed by atoms with Gasteiger partial charge in [0.25, 0.3) is 5.91 Å². The van der Waals surface area contributed by atoms with E-state index in [4.69, 9.17) is 27.9 Å². The highest BCUT2D eigenvalue weighted by atomic mass is 35.5. The van der Waals surface area contributed by atoms with Crippen molar-refractivity contribution >= 4 is 35.3 Å². The van der Waals surface area contributed by atoms with Gasteiger partial charge in [0.1, 0.15) is 11.5 Å². The molecule has 0 saturated heterocycles. The molecule has 7 heteroatoms. The van der Waals surface area contributed by atoms with Crippen molar-refractivity contribution in [2.45, 2.75) is 26.7 Å². The van der Waals surface area contributed by atoms with Crippen molar-refractivity contribution in [2.75, 3.05) is 6.61 Å². The number of rotatable bonds is 6. The van der Waals surface area contributed by atoms with Crippen molar-refractivity contribution in [3.05, 3.63) is 57.1 Å². The van der Waals surface area contributed by atoms with E-state index in [9.17, 15) is 9.90 Å². The average molecular weight is 395 g/mol. The van der Waals surface area contributed by atoms with Gasteiger partial charge in [0.2, 0.25) is 0 Å². The number of hydrogen-bond acceptors (Lipinski definition) is 4. The summed E-state index contributed by atoms with van der Waals surface area (Å²) >= 11 is 11.7. The van der Waals surface area contributed by atoms with Gasteiger partial charge in [-0.3, -0.25) is 4.79 Å². The van der Waals surface area contributed by atoms with E-state index in [1.54, 1.807) is 0 Å². The summed E-state index contributed by atoms with van der Waals surface area (Å²) in [5, 5.41) is 14.1. The molecule has 2 rings (SSSR count). The standard InChI is InChI=1S/C19H20Cl2N2O3/c1-11(2)15-5-4-12(3)6-17(15)26-10-18(24)23-22-9-13-7-14(20)8-16(21)19(13)25/h4-9,11,25H,10H2,1-3H3,(H,23,24)/b22-9+. The smallest absolute Gasteiger partial charge is 0.277 e. The first-order chi connectivity index (χ1) is 12.3. The molecule has 0 bridgehead atoms. The van der Waals surface area contributed by atoms with Crippen molar-refractivity contribution in [1.29, 1.82) is 0 Å². The first-order valence-corrected chi connectivity index (χ1v) is 8.76. The van der Waals surface area contributed by atoms with Crippen molar-refractivity contribution in [1.82, 2.24) is 5.43 Å². The zero-order valence-electron chi connectivity index (χ0n) is 14.7. The van der Waals surface area contributed by atoms with Gasteiger partial charge in [-0.15, -0.1) is 0 Å². The average Bonchev–Trinajstić information content (AvgIpc) is 2.57. The lowest BCUT2D eigenvalue weighted by atomic mass is 10.0. The Morgan fingerprint density at radius 2 is 2.04 bits per heavy atom. The first-order valence-electron chi connectivity index (χ1n) is 8.01. The Morgan fingerprint density at radius 1 is 1.31 bits per heavy atom. The summed E-state index contributed by atoms with van der Waals surface area (Å²) in [4.78, 5) is 11.9. The summed E-state index contributed by atoms with van der Waals surface area (Å²) in [6, 6.07) is 8.80. The number of aryl methyl sites for hydroxylation is 1. The highest BCUT2D eigenvalue weighted by molar-refractivity contribution is 6.36. The second kappa shape index (κ2) is 8.92. The van der Waals surface area contributed by atoms with Crippen LogP contribution in [0.4, 0.5) is 0 Å². The molecule has 0 radical (unpaired) electrons. The van der Waals surface area contributed by atoms with Gasteiger partial charge in [-0.2, -0.15) is 5.10 Å². The van der Waals surface area contributed by atoms with Crippen LogP contribution in [0.2, 0.25) is 10.0 Å². The van der Waals surface area contributed by atoms with Crippen LogP contribution in [-0.4, -0.2) is 23.8 Å². The number of carbonyl (C=O) groups is 1. The summed E-state index contributed by atoms with van der Waals surface area (Å²) in [7, 11) is 0. The van der Waals surface area contributed by atoms with E-state index in [0.29, 0.717) is 16.3 Å². The maximum atomic E-state index is 11.9. The minimum Gasteiger partial charge on any atom is -0.506 e. The quantitative estimate of drug-likeness (QED) is 0.552. The molecule has 0 fully saturated rings. The van der Waals surface area contributed by atoms with Crippen molar-refractivity contribution < 1.29 is 14.6 Å². The van der Waals surface area contributed by atoms with Gasteiger partial charge in [0.05, 0.1) is 11.2 Å². The van der Waals surface area contributed by atoms with Crippen LogP contribution in [0.15, 0.2) is 35.4 Å². The highest BCUT2D eigenvalue weighted by Crippen LogP contribution is 2.30. The Bertz CT molecular complexity index is 836. The lowest BCUT2D eigenvalue weighted by Gasteiger charge is -2.14. The molecule has 0 spiro atoms. The third-order valence-corrected chi connectivity index (χ3v) is 4.11. The van der Waals surface area contributed by atoms with Crippen LogP contribution in [0.5, 0.6) is 11.5 Å². The van der Waals surface area contributed by atoms with E-state index in [2.05, 4.69) is 24.4 Å². The molecule has 0 unspecified atom stereocenters.